The van der Waals surface area contributed by atoms with Crippen molar-refractivity contribution in [1.29, 1.82) is 0 Å². The lowest BCUT2D eigenvalue weighted by Crippen LogP contribution is -2.30. The van der Waals surface area contributed by atoms with Gasteiger partial charge in [0.1, 0.15) is 0 Å². The average Bonchev–Trinajstić information content (AvgIpc) is 2.66. The first kappa shape index (κ1) is 18.6. The first-order valence-corrected chi connectivity index (χ1v) is 10.1. The molecule has 1 aromatic rings. The average molecular weight is 361 g/mol. The van der Waals surface area contributed by atoms with E-state index in [4.69, 9.17) is 11.6 Å². The van der Waals surface area contributed by atoms with Crippen molar-refractivity contribution in [3.63, 3.8) is 0 Å². The third-order valence-corrected chi connectivity index (χ3v) is 5.53. The highest BCUT2D eigenvalue weighted by Gasteiger charge is 2.19. The second kappa shape index (κ2) is 10.1. The lowest BCUT2D eigenvalue weighted by Gasteiger charge is -2.26. The third-order valence-electron chi connectivity index (χ3n) is 5.33. The number of halogens is 1. The van der Waals surface area contributed by atoms with Crippen molar-refractivity contribution in [2.45, 2.75) is 51.5 Å². The van der Waals surface area contributed by atoms with Crippen LogP contribution >= 0.6 is 11.6 Å². The van der Waals surface area contributed by atoms with Crippen LogP contribution in [-0.2, 0) is 6.54 Å². The molecular formula is C20H29ClN4. The van der Waals surface area contributed by atoms with Crippen molar-refractivity contribution in [1.82, 2.24) is 20.4 Å². The molecule has 0 amide bonds. The number of hydrogen-bond acceptors (Lipinski definition) is 4. The molecule has 3 rings (SSSR count). The zero-order valence-electron chi connectivity index (χ0n) is 15.0. The first-order chi connectivity index (χ1) is 12.3. The van der Waals surface area contributed by atoms with Crippen LogP contribution in [0.2, 0.25) is 5.15 Å². The smallest absolute Gasteiger partial charge is 0.151 e. The van der Waals surface area contributed by atoms with E-state index in [0.717, 1.165) is 31.2 Å². The summed E-state index contributed by atoms with van der Waals surface area (Å²) in [6.45, 7) is 5.28. The molecular weight excluding hydrogens is 332 g/mol. The maximum atomic E-state index is 5.75. The summed E-state index contributed by atoms with van der Waals surface area (Å²) in [7, 11) is 0. The molecule has 136 valence electrons. The minimum Gasteiger partial charge on any atom is -0.311 e. The normalized spacial score (nSPS) is 24.5. The standard InChI is InChI=1S/C20H29ClN4/c21-20-11-10-19(23-24-20)16-22-15-18-8-6-17(7-9-18)5-4-14-25-12-2-1-3-13-25/h10-11,17-18,22H,1-3,6-9,12-16H2. The molecule has 0 radical (unpaired) electrons. The van der Waals surface area contributed by atoms with Crippen LogP contribution in [0.3, 0.4) is 0 Å². The van der Waals surface area contributed by atoms with Gasteiger partial charge < -0.3 is 5.32 Å². The van der Waals surface area contributed by atoms with Crippen molar-refractivity contribution in [2.75, 3.05) is 26.2 Å². The fourth-order valence-electron chi connectivity index (χ4n) is 3.77. The van der Waals surface area contributed by atoms with Gasteiger partial charge in [-0.2, -0.15) is 5.10 Å². The summed E-state index contributed by atoms with van der Waals surface area (Å²) in [6.07, 6.45) is 9.15. The predicted molar refractivity (Wildman–Crippen MR) is 102 cm³/mol. The Morgan fingerprint density at radius 3 is 2.60 bits per heavy atom. The fourth-order valence-corrected chi connectivity index (χ4v) is 3.87. The van der Waals surface area contributed by atoms with E-state index in [-0.39, 0.29) is 0 Å². The fraction of sp³-hybridized carbons (Fsp3) is 0.700. The van der Waals surface area contributed by atoms with Crippen LogP contribution in [0.5, 0.6) is 0 Å². The van der Waals surface area contributed by atoms with E-state index in [0.29, 0.717) is 11.1 Å². The minimum absolute atomic E-state index is 0.448. The van der Waals surface area contributed by atoms with Gasteiger partial charge in [0.05, 0.1) is 12.2 Å². The van der Waals surface area contributed by atoms with Gasteiger partial charge in [-0.3, -0.25) is 4.90 Å². The van der Waals surface area contributed by atoms with Crippen molar-refractivity contribution < 1.29 is 0 Å². The van der Waals surface area contributed by atoms with Gasteiger partial charge in [0.15, 0.2) is 5.15 Å². The number of likely N-dealkylation sites (tertiary alicyclic amines) is 1. The maximum absolute atomic E-state index is 5.75. The Hall–Kier alpha value is -1.15. The molecule has 2 aliphatic rings. The van der Waals surface area contributed by atoms with Gasteiger partial charge in [0.2, 0.25) is 0 Å². The van der Waals surface area contributed by atoms with Crippen LogP contribution in [0.1, 0.15) is 50.6 Å². The van der Waals surface area contributed by atoms with Gasteiger partial charge in [-0.1, -0.05) is 29.9 Å². The van der Waals surface area contributed by atoms with E-state index in [1.807, 2.05) is 6.07 Å². The Morgan fingerprint density at radius 1 is 1.08 bits per heavy atom. The Balaban J connectivity index is 1.30. The van der Waals surface area contributed by atoms with Gasteiger partial charge in [0.25, 0.3) is 0 Å². The molecule has 0 unspecified atom stereocenters. The van der Waals surface area contributed by atoms with Gasteiger partial charge in [-0.15, -0.1) is 5.10 Å². The summed E-state index contributed by atoms with van der Waals surface area (Å²) < 4.78 is 0. The molecule has 2 fully saturated rings. The van der Waals surface area contributed by atoms with Crippen molar-refractivity contribution in [3.8, 4) is 11.8 Å². The van der Waals surface area contributed by atoms with E-state index in [9.17, 15) is 0 Å². The highest BCUT2D eigenvalue weighted by molar-refractivity contribution is 6.29. The first-order valence-electron chi connectivity index (χ1n) is 9.69. The number of rotatable bonds is 5. The summed E-state index contributed by atoms with van der Waals surface area (Å²) in [5.41, 5.74) is 0.946. The molecule has 1 N–H and O–H groups in total. The Labute approximate surface area is 156 Å². The van der Waals surface area contributed by atoms with Crippen LogP contribution in [0.4, 0.5) is 0 Å². The molecule has 1 saturated heterocycles. The SMILES string of the molecule is Clc1ccc(CNCC2CCC(C#CCN3CCCCC3)CC2)nn1. The lowest BCUT2D eigenvalue weighted by molar-refractivity contribution is 0.254. The monoisotopic (exact) mass is 360 g/mol. The van der Waals surface area contributed by atoms with E-state index in [2.05, 4.69) is 32.3 Å². The molecule has 1 aromatic heterocycles. The van der Waals surface area contributed by atoms with Crippen LogP contribution < -0.4 is 5.32 Å². The summed E-state index contributed by atoms with van der Waals surface area (Å²) in [5, 5.41) is 11.9. The molecule has 4 nitrogen and oxygen atoms in total. The summed E-state index contributed by atoms with van der Waals surface area (Å²) >= 11 is 5.75. The second-order valence-corrected chi connectivity index (χ2v) is 7.74. The van der Waals surface area contributed by atoms with Crippen LogP contribution in [0.15, 0.2) is 12.1 Å². The quantitative estimate of drug-likeness (QED) is 0.816. The third kappa shape index (κ3) is 6.58. The van der Waals surface area contributed by atoms with Gasteiger partial charge >= 0.3 is 0 Å². The number of aromatic nitrogens is 2. The highest BCUT2D eigenvalue weighted by atomic mass is 35.5. The molecule has 1 aliphatic carbocycles. The molecule has 5 heteroatoms. The molecule has 1 aliphatic heterocycles. The number of nitrogens with zero attached hydrogens (tertiary/aromatic N) is 3. The topological polar surface area (TPSA) is 41.0 Å². The minimum atomic E-state index is 0.448. The summed E-state index contributed by atoms with van der Waals surface area (Å²) in [6, 6.07) is 3.72. The van der Waals surface area contributed by atoms with Gasteiger partial charge in [-0.05, 0) is 76.2 Å². The Morgan fingerprint density at radius 2 is 1.88 bits per heavy atom. The number of piperidine rings is 1. The second-order valence-electron chi connectivity index (χ2n) is 7.35. The van der Waals surface area contributed by atoms with Crippen LogP contribution in [0, 0.1) is 23.7 Å². The highest BCUT2D eigenvalue weighted by Crippen LogP contribution is 2.27. The molecule has 2 heterocycles. The molecule has 0 bridgehead atoms. The molecule has 0 atom stereocenters. The molecule has 1 saturated carbocycles. The zero-order chi connectivity index (χ0) is 17.3. The van der Waals surface area contributed by atoms with E-state index < -0.39 is 0 Å². The van der Waals surface area contributed by atoms with E-state index in [1.54, 1.807) is 6.07 Å². The van der Waals surface area contributed by atoms with Gasteiger partial charge in [0, 0.05) is 12.5 Å². The zero-order valence-corrected chi connectivity index (χ0v) is 15.8. The summed E-state index contributed by atoms with van der Waals surface area (Å²) in [4.78, 5) is 2.51. The number of hydrogen-bond donors (Lipinski definition) is 1. The molecule has 25 heavy (non-hydrogen) atoms. The molecule has 0 spiro atoms. The lowest BCUT2D eigenvalue weighted by atomic mass is 9.82. The van der Waals surface area contributed by atoms with E-state index in [1.165, 1.54) is 58.0 Å². The van der Waals surface area contributed by atoms with Crippen LogP contribution in [0.25, 0.3) is 0 Å². The van der Waals surface area contributed by atoms with E-state index >= 15 is 0 Å². The molecule has 0 aromatic carbocycles. The van der Waals surface area contributed by atoms with Crippen molar-refractivity contribution >= 4 is 11.6 Å². The predicted octanol–water partition coefficient (Wildman–Crippen LogP) is 3.52. The van der Waals surface area contributed by atoms with Gasteiger partial charge in [-0.25, -0.2) is 0 Å². The largest absolute Gasteiger partial charge is 0.311 e. The maximum Gasteiger partial charge on any atom is 0.151 e. The van der Waals surface area contributed by atoms with Crippen molar-refractivity contribution in [2.24, 2.45) is 11.8 Å². The Kier molecular flexibility index (Phi) is 7.54. The van der Waals surface area contributed by atoms with Crippen LogP contribution in [-0.4, -0.2) is 41.3 Å². The Bertz CT molecular complexity index is 564. The number of nitrogens with one attached hydrogen (secondary N) is 1. The van der Waals surface area contributed by atoms with Crippen molar-refractivity contribution in [3.05, 3.63) is 23.0 Å². The summed E-state index contributed by atoms with van der Waals surface area (Å²) in [5.74, 6) is 8.36.